The number of carbonyl (C=O) groups excluding carboxylic acids is 2. The van der Waals surface area contributed by atoms with Crippen LogP contribution in [0, 0.1) is 5.92 Å². The third-order valence-electron chi connectivity index (χ3n) is 6.60. The molecule has 0 saturated heterocycles. The molecule has 1 amide bonds. The molecule has 0 aliphatic carbocycles. The summed E-state index contributed by atoms with van der Waals surface area (Å²) in [7, 11) is 1.54. The number of Topliss-reactive ketones (excluding diaryl/α,β-unsaturated/α-hetero) is 1. The fraction of sp³-hybridized carbons (Fsp3) is 0.138. The number of amides is 1. The van der Waals surface area contributed by atoms with E-state index >= 15 is 0 Å². The number of carbonyl (C=O) groups is 2. The second-order valence-corrected chi connectivity index (χ2v) is 8.72. The van der Waals surface area contributed by atoms with Crippen LogP contribution in [0.1, 0.15) is 27.2 Å². The molecule has 37 heavy (non-hydrogen) atoms. The van der Waals surface area contributed by atoms with Crippen LogP contribution in [0.3, 0.4) is 0 Å². The van der Waals surface area contributed by atoms with Crippen LogP contribution in [0.5, 0.6) is 11.5 Å². The monoisotopic (exact) mass is 494 g/mol. The van der Waals surface area contributed by atoms with Crippen molar-refractivity contribution in [1.82, 2.24) is 0 Å². The summed E-state index contributed by atoms with van der Waals surface area (Å²) in [5.74, 6) is -0.888. The summed E-state index contributed by atoms with van der Waals surface area (Å²) in [6.07, 6.45) is 1.41. The van der Waals surface area contributed by atoms with Crippen LogP contribution in [-0.2, 0) is 21.8 Å². The van der Waals surface area contributed by atoms with Crippen LogP contribution in [0.2, 0.25) is 0 Å². The smallest absolute Gasteiger partial charge is 0.277 e. The van der Waals surface area contributed by atoms with E-state index in [1.807, 2.05) is 30.3 Å². The van der Waals surface area contributed by atoms with E-state index < -0.39 is 23.2 Å². The first-order valence-electron chi connectivity index (χ1n) is 11.7. The number of benzene rings is 3. The molecule has 1 aromatic heterocycles. The minimum Gasteiger partial charge on any atom is -0.493 e. The molecule has 1 N–H and O–H groups in total. The number of oxime groups is 1. The first-order valence-corrected chi connectivity index (χ1v) is 11.7. The largest absolute Gasteiger partial charge is 0.493 e. The average Bonchev–Trinajstić information content (AvgIpc) is 3.67. The van der Waals surface area contributed by atoms with Crippen LogP contribution in [0.4, 0.5) is 5.69 Å². The number of rotatable bonds is 7. The molecule has 3 heterocycles. The summed E-state index contributed by atoms with van der Waals surface area (Å²) >= 11 is 0. The summed E-state index contributed by atoms with van der Waals surface area (Å²) in [6.45, 7) is 0.361. The molecule has 4 aromatic rings. The zero-order valence-electron chi connectivity index (χ0n) is 19.8. The number of para-hydroxylation sites is 1. The summed E-state index contributed by atoms with van der Waals surface area (Å²) < 4.78 is 17.0. The van der Waals surface area contributed by atoms with Crippen LogP contribution in [0.25, 0.3) is 0 Å². The van der Waals surface area contributed by atoms with Crippen molar-refractivity contribution in [1.29, 1.82) is 0 Å². The highest BCUT2D eigenvalue weighted by Gasteiger charge is 2.63. The Balaban J connectivity index is 1.39. The van der Waals surface area contributed by atoms with Gasteiger partial charge >= 0.3 is 0 Å². The van der Waals surface area contributed by atoms with E-state index in [2.05, 4.69) is 10.5 Å². The zero-order chi connectivity index (χ0) is 25.4. The van der Waals surface area contributed by atoms with Gasteiger partial charge in [-0.15, -0.1) is 0 Å². The van der Waals surface area contributed by atoms with E-state index in [1.54, 1.807) is 54.6 Å². The SMILES string of the molecule is COc1cc(C2=NO[C@@]3(C(=O)Nc4ccccc43)[C@@H]2C(=O)c2ccco2)ccc1OCc1ccccc1. The summed E-state index contributed by atoms with van der Waals surface area (Å²) in [5, 5.41) is 7.13. The van der Waals surface area contributed by atoms with Crippen molar-refractivity contribution in [2.75, 3.05) is 12.4 Å². The number of ether oxygens (including phenoxy) is 2. The predicted octanol–water partition coefficient (Wildman–Crippen LogP) is 4.95. The Morgan fingerprint density at radius 1 is 1.00 bits per heavy atom. The Bertz CT molecular complexity index is 1510. The molecule has 0 radical (unpaired) electrons. The van der Waals surface area contributed by atoms with Gasteiger partial charge < -0.3 is 24.0 Å². The van der Waals surface area contributed by atoms with Gasteiger partial charge in [0, 0.05) is 16.8 Å². The molecule has 3 aromatic carbocycles. The predicted molar refractivity (Wildman–Crippen MR) is 135 cm³/mol. The van der Waals surface area contributed by atoms with Gasteiger partial charge in [0.15, 0.2) is 17.3 Å². The average molecular weight is 495 g/mol. The maximum absolute atomic E-state index is 13.8. The molecule has 1 spiro atoms. The second kappa shape index (κ2) is 8.98. The number of fused-ring (bicyclic) bond motifs is 2. The number of nitrogens with one attached hydrogen (secondary N) is 1. The number of furan rings is 1. The molecule has 0 unspecified atom stereocenters. The van der Waals surface area contributed by atoms with E-state index in [9.17, 15) is 9.59 Å². The van der Waals surface area contributed by atoms with Crippen molar-refractivity contribution in [3.8, 4) is 11.5 Å². The van der Waals surface area contributed by atoms with Crippen molar-refractivity contribution < 1.29 is 28.3 Å². The topological polar surface area (TPSA) is 99.4 Å². The maximum Gasteiger partial charge on any atom is 0.277 e. The van der Waals surface area contributed by atoms with Gasteiger partial charge in [-0.05, 0) is 42.0 Å². The fourth-order valence-electron chi connectivity index (χ4n) is 4.82. The highest BCUT2D eigenvalue weighted by atomic mass is 16.7. The molecular weight excluding hydrogens is 472 g/mol. The van der Waals surface area contributed by atoms with Gasteiger partial charge in [0.05, 0.1) is 13.4 Å². The van der Waals surface area contributed by atoms with E-state index in [0.717, 1.165) is 5.56 Å². The quantitative estimate of drug-likeness (QED) is 0.365. The Hall–Kier alpha value is -4.85. The highest BCUT2D eigenvalue weighted by Crippen LogP contribution is 2.50. The van der Waals surface area contributed by atoms with Crippen LogP contribution in [0.15, 0.2) is 101 Å². The maximum atomic E-state index is 13.8. The van der Waals surface area contributed by atoms with Gasteiger partial charge in [0.1, 0.15) is 18.2 Å². The molecule has 2 aliphatic rings. The fourth-order valence-corrected chi connectivity index (χ4v) is 4.82. The van der Waals surface area contributed by atoms with Crippen LogP contribution >= 0.6 is 0 Å². The molecule has 184 valence electrons. The summed E-state index contributed by atoms with van der Waals surface area (Å²) in [4.78, 5) is 33.1. The first-order chi connectivity index (χ1) is 18.1. The summed E-state index contributed by atoms with van der Waals surface area (Å²) in [6, 6.07) is 25.3. The van der Waals surface area contributed by atoms with Gasteiger partial charge in [-0.1, -0.05) is 53.7 Å². The van der Waals surface area contributed by atoms with Crippen molar-refractivity contribution in [2.45, 2.75) is 12.2 Å². The van der Waals surface area contributed by atoms with Crippen LogP contribution in [-0.4, -0.2) is 24.5 Å². The second-order valence-electron chi connectivity index (χ2n) is 8.72. The number of hydrogen-bond acceptors (Lipinski definition) is 7. The molecule has 8 heteroatoms. The number of methoxy groups -OCH3 is 1. The zero-order valence-corrected chi connectivity index (χ0v) is 19.8. The Labute approximate surface area is 212 Å². The third kappa shape index (κ3) is 3.65. The molecule has 0 fully saturated rings. The molecular formula is C29H22N2O6. The van der Waals surface area contributed by atoms with Crippen molar-refractivity contribution in [2.24, 2.45) is 11.1 Å². The lowest BCUT2D eigenvalue weighted by Crippen LogP contribution is -2.46. The van der Waals surface area contributed by atoms with Crippen molar-refractivity contribution >= 4 is 23.1 Å². The highest BCUT2D eigenvalue weighted by molar-refractivity contribution is 6.24. The standard InChI is InChI=1S/C29H22N2O6/c1-34-24-16-19(13-14-22(24)36-17-18-8-3-2-4-9-18)26-25(27(32)23-12-7-15-35-23)29(37-31-26)20-10-5-6-11-21(20)30-28(29)33/h2-16,25H,17H2,1H3,(H,30,33)/t25-,29+/m0/s1. The lowest BCUT2D eigenvalue weighted by atomic mass is 9.75. The van der Waals surface area contributed by atoms with E-state index in [-0.39, 0.29) is 5.76 Å². The Kier molecular flexibility index (Phi) is 5.49. The van der Waals surface area contributed by atoms with Gasteiger partial charge in [0.2, 0.25) is 5.78 Å². The number of anilines is 1. The summed E-state index contributed by atoms with van der Waals surface area (Å²) in [5.41, 5.74) is 1.32. The van der Waals surface area contributed by atoms with Gasteiger partial charge in [0.25, 0.3) is 11.5 Å². The van der Waals surface area contributed by atoms with Crippen molar-refractivity contribution in [3.05, 3.63) is 114 Å². The molecule has 2 atom stereocenters. The van der Waals surface area contributed by atoms with Crippen molar-refractivity contribution in [3.63, 3.8) is 0 Å². The molecule has 6 rings (SSSR count). The Morgan fingerprint density at radius 3 is 2.59 bits per heavy atom. The minimum atomic E-state index is -1.66. The Morgan fingerprint density at radius 2 is 1.81 bits per heavy atom. The van der Waals surface area contributed by atoms with E-state index in [1.165, 1.54) is 13.4 Å². The number of hydrogen-bond donors (Lipinski definition) is 1. The molecule has 0 saturated carbocycles. The molecule has 2 aliphatic heterocycles. The minimum absolute atomic E-state index is 0.106. The van der Waals surface area contributed by atoms with Crippen LogP contribution < -0.4 is 14.8 Å². The lowest BCUT2D eigenvalue weighted by molar-refractivity contribution is -0.140. The van der Waals surface area contributed by atoms with Gasteiger partial charge in [-0.25, -0.2) is 0 Å². The lowest BCUT2D eigenvalue weighted by Gasteiger charge is -2.26. The van der Waals surface area contributed by atoms with Gasteiger partial charge in [-0.3, -0.25) is 9.59 Å². The number of nitrogens with zero attached hydrogens (tertiary/aromatic N) is 1. The van der Waals surface area contributed by atoms with E-state index in [0.29, 0.717) is 40.6 Å². The third-order valence-corrected chi connectivity index (χ3v) is 6.60. The molecule has 8 nitrogen and oxygen atoms in total. The number of ketones is 1. The van der Waals surface area contributed by atoms with E-state index in [4.69, 9.17) is 18.7 Å². The normalized spacial score (nSPS) is 19.6. The first kappa shape index (κ1) is 22.6. The van der Waals surface area contributed by atoms with Gasteiger partial charge in [-0.2, -0.15) is 0 Å². The molecule has 0 bridgehead atoms.